The molecule has 1 aromatic heterocycles. The normalized spacial score (nSPS) is 20.4. The third-order valence-corrected chi connectivity index (χ3v) is 9.80. The first-order valence-electron chi connectivity index (χ1n) is 11.1. The number of carbonyl (C=O) groups excluding carboxylic acids is 2. The van der Waals surface area contributed by atoms with E-state index in [4.69, 9.17) is 0 Å². The zero-order chi connectivity index (χ0) is 24.0. The number of hydrogen-bond acceptors (Lipinski definition) is 6. The summed E-state index contributed by atoms with van der Waals surface area (Å²) in [5.74, 6) is -0.116. The van der Waals surface area contributed by atoms with Crippen molar-refractivity contribution >= 4 is 33.2 Å². The standard InChI is InChI=1S/C23H30N4O4S2/c1-22(2)18(23(22,3)4)21(29)27-12-10-15(11-13-27)20-24-17(14-32-20)19(28)25-26-33(30,31)16-8-6-5-7-9-16/h5-9,14-15,18,26H,10-13H2,1-4H3,(H,25,28). The maximum atomic E-state index is 13.0. The van der Waals surface area contributed by atoms with Crippen molar-refractivity contribution in [3.63, 3.8) is 0 Å². The van der Waals surface area contributed by atoms with Crippen LogP contribution in [0.4, 0.5) is 0 Å². The topological polar surface area (TPSA) is 108 Å². The van der Waals surface area contributed by atoms with Crippen LogP contribution in [0.1, 0.15) is 62.0 Å². The number of nitrogens with zero attached hydrogens (tertiary/aromatic N) is 2. The molecule has 2 aromatic rings. The average Bonchev–Trinajstić information content (AvgIpc) is 3.12. The molecule has 0 unspecified atom stereocenters. The second kappa shape index (κ2) is 8.48. The molecule has 0 atom stereocenters. The van der Waals surface area contributed by atoms with Crippen molar-refractivity contribution in [1.82, 2.24) is 20.1 Å². The van der Waals surface area contributed by atoms with E-state index in [0.29, 0.717) is 13.1 Å². The first-order valence-corrected chi connectivity index (χ1v) is 13.4. The van der Waals surface area contributed by atoms with Gasteiger partial charge in [-0.1, -0.05) is 45.9 Å². The number of rotatable bonds is 6. The van der Waals surface area contributed by atoms with Gasteiger partial charge in [0.1, 0.15) is 5.69 Å². The Morgan fingerprint density at radius 3 is 2.24 bits per heavy atom. The van der Waals surface area contributed by atoms with Gasteiger partial charge in [0, 0.05) is 30.3 Å². The number of nitrogens with one attached hydrogen (secondary N) is 2. The van der Waals surface area contributed by atoms with Crippen molar-refractivity contribution in [1.29, 1.82) is 0 Å². The summed E-state index contributed by atoms with van der Waals surface area (Å²) in [6, 6.07) is 7.81. The monoisotopic (exact) mass is 490 g/mol. The fourth-order valence-electron chi connectivity index (χ4n) is 4.76. The van der Waals surface area contributed by atoms with Crippen molar-refractivity contribution in [3.8, 4) is 0 Å². The van der Waals surface area contributed by atoms with Crippen LogP contribution >= 0.6 is 11.3 Å². The second-order valence-corrected chi connectivity index (χ2v) is 12.5. The molecule has 2 N–H and O–H groups in total. The van der Waals surface area contributed by atoms with Crippen LogP contribution in [-0.4, -0.2) is 43.2 Å². The van der Waals surface area contributed by atoms with Gasteiger partial charge in [0.2, 0.25) is 5.91 Å². The van der Waals surface area contributed by atoms with Crippen LogP contribution in [0.5, 0.6) is 0 Å². The fraction of sp³-hybridized carbons (Fsp3) is 0.522. The van der Waals surface area contributed by atoms with E-state index in [9.17, 15) is 18.0 Å². The molecule has 178 valence electrons. The lowest BCUT2D eigenvalue weighted by Crippen LogP contribution is -2.41. The molecule has 2 heterocycles. The number of sulfonamides is 1. The Hall–Kier alpha value is -2.30. The van der Waals surface area contributed by atoms with Crippen LogP contribution in [0.15, 0.2) is 40.6 Å². The van der Waals surface area contributed by atoms with E-state index in [2.05, 4.69) is 42.9 Å². The summed E-state index contributed by atoms with van der Waals surface area (Å²) in [5, 5.41) is 2.47. The van der Waals surface area contributed by atoms with Gasteiger partial charge in [-0.25, -0.2) is 13.4 Å². The summed E-state index contributed by atoms with van der Waals surface area (Å²) in [5.41, 5.74) is 2.45. The smallest absolute Gasteiger partial charge is 0.285 e. The first-order chi connectivity index (χ1) is 15.4. The summed E-state index contributed by atoms with van der Waals surface area (Å²) >= 11 is 1.39. The summed E-state index contributed by atoms with van der Waals surface area (Å²) < 4.78 is 24.5. The van der Waals surface area contributed by atoms with Gasteiger partial charge >= 0.3 is 0 Å². The highest BCUT2D eigenvalue weighted by atomic mass is 32.2. The van der Waals surface area contributed by atoms with E-state index in [-0.39, 0.29) is 39.2 Å². The molecule has 2 aliphatic rings. The number of amides is 2. The molecule has 1 aliphatic heterocycles. The van der Waals surface area contributed by atoms with E-state index >= 15 is 0 Å². The van der Waals surface area contributed by atoms with Gasteiger partial charge in [-0.15, -0.1) is 16.2 Å². The molecule has 10 heteroatoms. The second-order valence-electron chi connectivity index (χ2n) is 9.92. The van der Waals surface area contributed by atoms with Gasteiger partial charge in [0.05, 0.1) is 9.90 Å². The predicted octanol–water partition coefficient (Wildman–Crippen LogP) is 3.15. The van der Waals surface area contributed by atoms with Crippen molar-refractivity contribution in [2.75, 3.05) is 13.1 Å². The Bertz CT molecular complexity index is 1140. The Kier molecular flexibility index (Phi) is 6.13. The number of carbonyl (C=O) groups is 2. The number of piperidine rings is 1. The van der Waals surface area contributed by atoms with Crippen LogP contribution < -0.4 is 10.3 Å². The molecule has 0 spiro atoms. The molecule has 1 aliphatic carbocycles. The van der Waals surface area contributed by atoms with E-state index in [1.54, 1.807) is 23.6 Å². The van der Waals surface area contributed by atoms with Crippen molar-refractivity contribution < 1.29 is 18.0 Å². The maximum absolute atomic E-state index is 13.0. The van der Waals surface area contributed by atoms with Gasteiger partial charge in [0.25, 0.3) is 15.9 Å². The molecular weight excluding hydrogens is 460 g/mol. The van der Waals surface area contributed by atoms with E-state index in [0.717, 1.165) is 17.8 Å². The van der Waals surface area contributed by atoms with Crippen molar-refractivity contribution in [2.45, 2.75) is 51.3 Å². The highest BCUT2D eigenvalue weighted by Crippen LogP contribution is 2.68. The highest BCUT2D eigenvalue weighted by molar-refractivity contribution is 7.89. The average molecular weight is 491 g/mol. The van der Waals surface area contributed by atoms with Crippen LogP contribution in [0.25, 0.3) is 0 Å². The first kappa shape index (κ1) is 23.8. The number of benzene rings is 1. The number of aromatic nitrogens is 1. The van der Waals surface area contributed by atoms with E-state index < -0.39 is 15.9 Å². The van der Waals surface area contributed by atoms with E-state index in [1.165, 1.54) is 23.5 Å². The van der Waals surface area contributed by atoms with E-state index in [1.807, 2.05) is 4.90 Å². The molecule has 1 saturated carbocycles. The predicted molar refractivity (Wildman–Crippen MR) is 126 cm³/mol. The van der Waals surface area contributed by atoms with Crippen molar-refractivity contribution in [2.24, 2.45) is 16.7 Å². The largest absolute Gasteiger partial charge is 0.342 e. The number of hydrazine groups is 1. The summed E-state index contributed by atoms with van der Waals surface area (Å²) in [6.07, 6.45) is 1.60. The van der Waals surface area contributed by atoms with Gasteiger partial charge in [0.15, 0.2) is 0 Å². The molecule has 2 fully saturated rings. The molecule has 0 radical (unpaired) electrons. The van der Waals surface area contributed by atoms with Crippen LogP contribution in [-0.2, 0) is 14.8 Å². The Morgan fingerprint density at radius 1 is 1.06 bits per heavy atom. The number of hydrogen-bond donors (Lipinski definition) is 2. The van der Waals surface area contributed by atoms with Crippen LogP contribution in [0.2, 0.25) is 0 Å². The molecule has 1 saturated heterocycles. The molecule has 1 aromatic carbocycles. The highest BCUT2D eigenvalue weighted by Gasteiger charge is 2.68. The lowest BCUT2D eigenvalue weighted by atomic mass is 9.96. The molecule has 0 bridgehead atoms. The fourth-order valence-corrected chi connectivity index (χ4v) is 6.59. The van der Waals surface area contributed by atoms with Crippen LogP contribution in [0, 0.1) is 16.7 Å². The van der Waals surface area contributed by atoms with Gasteiger partial charge < -0.3 is 4.90 Å². The minimum absolute atomic E-state index is 0.0283. The molecular formula is C23H30N4O4S2. The molecule has 33 heavy (non-hydrogen) atoms. The Labute approximate surface area is 198 Å². The number of likely N-dealkylation sites (tertiary alicyclic amines) is 1. The lowest BCUT2D eigenvalue weighted by molar-refractivity contribution is -0.134. The minimum Gasteiger partial charge on any atom is -0.342 e. The quantitative estimate of drug-likeness (QED) is 0.605. The summed E-state index contributed by atoms with van der Waals surface area (Å²) in [6.45, 7) is 10.00. The third-order valence-electron chi connectivity index (χ3n) is 7.53. The van der Waals surface area contributed by atoms with Crippen LogP contribution in [0.3, 0.4) is 0 Å². The zero-order valence-corrected chi connectivity index (χ0v) is 20.9. The molecule has 2 amide bonds. The maximum Gasteiger partial charge on any atom is 0.285 e. The molecule has 4 rings (SSSR count). The SMILES string of the molecule is CC1(C)C(C(=O)N2CCC(c3nc(C(=O)NNS(=O)(=O)c4ccccc4)cs3)CC2)C1(C)C. The summed E-state index contributed by atoms with van der Waals surface area (Å²) in [7, 11) is -3.85. The minimum atomic E-state index is -3.85. The third kappa shape index (κ3) is 4.43. The number of thiazole rings is 1. The van der Waals surface area contributed by atoms with Crippen molar-refractivity contribution in [3.05, 3.63) is 46.4 Å². The van der Waals surface area contributed by atoms with Gasteiger partial charge in [-0.2, -0.15) is 0 Å². The zero-order valence-electron chi connectivity index (χ0n) is 19.3. The van der Waals surface area contributed by atoms with Gasteiger partial charge in [-0.05, 0) is 35.8 Å². The van der Waals surface area contributed by atoms with Gasteiger partial charge in [-0.3, -0.25) is 15.0 Å². The Morgan fingerprint density at radius 2 is 1.67 bits per heavy atom. The summed E-state index contributed by atoms with van der Waals surface area (Å²) in [4.78, 5) is 34.0. The molecule has 8 nitrogen and oxygen atoms in total. The Balaban J connectivity index is 1.31. The lowest BCUT2D eigenvalue weighted by Gasteiger charge is -2.31.